The molecule has 1 aliphatic carbocycles. The summed E-state index contributed by atoms with van der Waals surface area (Å²) < 4.78 is 64.2. The number of fused-ring (bicyclic) bond motifs is 1. The molecule has 0 unspecified atom stereocenters. The van der Waals surface area contributed by atoms with Crippen LogP contribution in [0.3, 0.4) is 0 Å². The Hall–Kier alpha value is -2.06. The zero-order chi connectivity index (χ0) is 29.0. The smallest absolute Gasteiger partial charge is 0.389 e. The van der Waals surface area contributed by atoms with Gasteiger partial charge in [0.1, 0.15) is 5.75 Å². The largest absolute Gasteiger partial charge is 0.508 e. The summed E-state index contributed by atoms with van der Waals surface area (Å²) in [5.41, 5.74) is 5.19. The lowest BCUT2D eigenvalue weighted by atomic mass is 9.89. The fourth-order valence-electron chi connectivity index (χ4n) is 5.35. The Kier molecular flexibility index (Phi) is 13.3. The molecule has 0 aliphatic heterocycles. The van der Waals surface area contributed by atoms with Crippen molar-refractivity contribution in [2.75, 3.05) is 31.6 Å². The van der Waals surface area contributed by atoms with Crippen molar-refractivity contribution in [3.05, 3.63) is 64.7 Å². The molecule has 0 atom stereocenters. The maximum atomic E-state index is 14.1. The van der Waals surface area contributed by atoms with Gasteiger partial charge in [-0.2, -0.15) is 24.9 Å². The summed E-state index contributed by atoms with van der Waals surface area (Å²) in [6.07, 6.45) is 5.19. The van der Waals surface area contributed by atoms with E-state index in [1.807, 2.05) is 12.1 Å². The first kappa shape index (κ1) is 32.5. The minimum Gasteiger partial charge on any atom is -0.508 e. The number of aromatic hydroxyl groups is 1. The maximum Gasteiger partial charge on any atom is 0.389 e. The molecule has 40 heavy (non-hydrogen) atoms. The highest BCUT2D eigenvalue weighted by Crippen LogP contribution is 2.40. The van der Waals surface area contributed by atoms with Gasteiger partial charge in [0.05, 0.1) is 0 Å². The summed E-state index contributed by atoms with van der Waals surface area (Å²) in [6, 6.07) is 9.66. The van der Waals surface area contributed by atoms with Gasteiger partial charge in [0.25, 0.3) is 0 Å². The molecule has 2 nitrogen and oxygen atoms in total. The zero-order valence-corrected chi connectivity index (χ0v) is 24.3. The standard InChI is InChI=1S/C32H42F5NOS/c1-38(19-6-7-20-40-21-9-17-32(35,36)37)18-5-3-2-4-11-29-27(25-13-16-30(33)31(34)23-25)12-8-10-24-22-26(39)14-15-28(24)29/h13-16,22-23,39H,2-12,17-21H2,1H3. The fourth-order valence-corrected chi connectivity index (χ4v) is 6.31. The van der Waals surface area contributed by atoms with Gasteiger partial charge in [0.15, 0.2) is 11.6 Å². The number of unbranched alkanes of at least 4 members (excludes halogenated alkanes) is 4. The molecule has 0 radical (unpaired) electrons. The van der Waals surface area contributed by atoms with Crippen molar-refractivity contribution in [3.8, 4) is 5.75 Å². The lowest BCUT2D eigenvalue weighted by molar-refractivity contribution is -0.134. The molecule has 222 valence electrons. The number of alkyl halides is 3. The number of thioether (sulfide) groups is 1. The van der Waals surface area contributed by atoms with Crippen molar-refractivity contribution in [2.45, 2.75) is 83.2 Å². The van der Waals surface area contributed by atoms with Gasteiger partial charge in [-0.25, -0.2) is 8.78 Å². The Morgan fingerprint density at radius 1 is 0.825 bits per heavy atom. The van der Waals surface area contributed by atoms with Crippen LogP contribution in [0, 0.1) is 11.6 Å². The Labute approximate surface area is 240 Å². The maximum absolute atomic E-state index is 14.1. The molecule has 0 fully saturated rings. The number of hydrogen-bond acceptors (Lipinski definition) is 3. The summed E-state index contributed by atoms with van der Waals surface area (Å²) >= 11 is 1.61. The summed E-state index contributed by atoms with van der Waals surface area (Å²) in [4.78, 5) is 2.33. The van der Waals surface area contributed by atoms with Crippen LogP contribution in [0.4, 0.5) is 22.0 Å². The second kappa shape index (κ2) is 16.4. The fraction of sp³-hybridized carbons (Fsp3) is 0.562. The molecular formula is C32H42F5NOS. The molecule has 0 heterocycles. The van der Waals surface area contributed by atoms with Crippen molar-refractivity contribution in [1.82, 2.24) is 4.90 Å². The van der Waals surface area contributed by atoms with E-state index in [1.165, 1.54) is 17.7 Å². The van der Waals surface area contributed by atoms with Gasteiger partial charge < -0.3 is 10.0 Å². The molecule has 1 N–H and O–H groups in total. The first-order valence-electron chi connectivity index (χ1n) is 14.5. The Bertz CT molecular complexity index is 1100. The van der Waals surface area contributed by atoms with Gasteiger partial charge in [-0.3, -0.25) is 0 Å². The highest BCUT2D eigenvalue weighted by atomic mass is 32.2. The third-order valence-electron chi connectivity index (χ3n) is 7.46. The van der Waals surface area contributed by atoms with Crippen LogP contribution in [-0.2, 0) is 6.42 Å². The second-order valence-electron chi connectivity index (χ2n) is 10.8. The Morgan fingerprint density at radius 2 is 1.55 bits per heavy atom. The highest BCUT2D eigenvalue weighted by molar-refractivity contribution is 7.99. The number of rotatable bonds is 16. The third kappa shape index (κ3) is 11.1. The van der Waals surface area contributed by atoms with E-state index in [0.717, 1.165) is 105 Å². The normalized spacial score (nSPS) is 14.1. The molecule has 0 saturated heterocycles. The molecule has 0 aromatic heterocycles. The average molecular weight is 584 g/mol. The molecule has 2 aromatic carbocycles. The summed E-state index contributed by atoms with van der Waals surface area (Å²) in [5, 5.41) is 10.0. The van der Waals surface area contributed by atoms with Crippen molar-refractivity contribution in [2.24, 2.45) is 0 Å². The number of phenols is 1. The van der Waals surface area contributed by atoms with E-state index >= 15 is 0 Å². The second-order valence-corrected chi connectivity index (χ2v) is 12.0. The lowest BCUT2D eigenvalue weighted by Crippen LogP contribution is -2.21. The molecule has 8 heteroatoms. The predicted molar refractivity (Wildman–Crippen MR) is 157 cm³/mol. The van der Waals surface area contributed by atoms with Crippen LogP contribution >= 0.6 is 11.8 Å². The quantitative estimate of drug-likeness (QED) is 0.157. The van der Waals surface area contributed by atoms with Crippen LogP contribution in [0.1, 0.15) is 87.3 Å². The van der Waals surface area contributed by atoms with Gasteiger partial charge >= 0.3 is 6.18 Å². The van der Waals surface area contributed by atoms with Crippen molar-refractivity contribution in [1.29, 1.82) is 0 Å². The number of halogens is 5. The minimum absolute atomic E-state index is 0.202. The third-order valence-corrected chi connectivity index (χ3v) is 8.62. The van der Waals surface area contributed by atoms with Crippen LogP contribution in [0.2, 0.25) is 0 Å². The molecule has 0 saturated carbocycles. The molecular weight excluding hydrogens is 541 g/mol. The van der Waals surface area contributed by atoms with E-state index in [-0.39, 0.29) is 12.2 Å². The molecule has 0 bridgehead atoms. The number of benzene rings is 2. The summed E-state index contributed by atoms with van der Waals surface area (Å²) in [7, 11) is 2.12. The van der Waals surface area contributed by atoms with Gasteiger partial charge in [-0.1, -0.05) is 25.0 Å². The van der Waals surface area contributed by atoms with E-state index in [1.54, 1.807) is 23.9 Å². The van der Waals surface area contributed by atoms with Gasteiger partial charge in [0.2, 0.25) is 0 Å². The van der Waals surface area contributed by atoms with Gasteiger partial charge in [0, 0.05) is 6.42 Å². The van der Waals surface area contributed by atoms with Crippen LogP contribution in [0.25, 0.3) is 11.1 Å². The van der Waals surface area contributed by atoms with Gasteiger partial charge in [-0.05, 0) is 142 Å². The predicted octanol–water partition coefficient (Wildman–Crippen LogP) is 9.66. The molecule has 2 aromatic rings. The molecule has 0 amide bonds. The van der Waals surface area contributed by atoms with Crippen LogP contribution in [-0.4, -0.2) is 47.8 Å². The Morgan fingerprint density at radius 3 is 2.30 bits per heavy atom. The van der Waals surface area contributed by atoms with Crippen molar-refractivity contribution in [3.63, 3.8) is 0 Å². The Balaban J connectivity index is 1.42. The number of hydrogen-bond donors (Lipinski definition) is 1. The van der Waals surface area contributed by atoms with Crippen LogP contribution < -0.4 is 0 Å². The van der Waals surface area contributed by atoms with E-state index < -0.39 is 24.2 Å². The minimum atomic E-state index is -4.04. The average Bonchev–Trinajstić information content (AvgIpc) is 3.07. The molecule has 1 aliphatic rings. The molecule has 3 rings (SSSR count). The SMILES string of the molecule is CN(CCCCCCC1=C(c2ccc(F)c(F)c2)CCCc2cc(O)ccc21)CCCCSCCCC(F)(F)F. The zero-order valence-electron chi connectivity index (χ0n) is 23.5. The van der Waals surface area contributed by atoms with E-state index in [4.69, 9.17) is 0 Å². The van der Waals surface area contributed by atoms with E-state index in [2.05, 4.69) is 11.9 Å². The number of nitrogens with zero attached hydrogens (tertiary/aromatic N) is 1. The van der Waals surface area contributed by atoms with Crippen molar-refractivity contribution >= 4 is 22.9 Å². The number of allylic oxidation sites excluding steroid dienone is 2. The number of phenolic OH excluding ortho intramolecular Hbond substituents is 1. The van der Waals surface area contributed by atoms with Gasteiger partial charge in [-0.15, -0.1) is 0 Å². The monoisotopic (exact) mass is 583 g/mol. The summed E-state index contributed by atoms with van der Waals surface area (Å²) in [6.45, 7) is 2.01. The van der Waals surface area contributed by atoms with Crippen molar-refractivity contribution < 1.29 is 27.1 Å². The lowest BCUT2D eigenvalue weighted by Gasteiger charge is -2.17. The highest BCUT2D eigenvalue weighted by Gasteiger charge is 2.25. The van der Waals surface area contributed by atoms with Crippen LogP contribution in [0.5, 0.6) is 5.75 Å². The molecule has 0 spiro atoms. The number of aryl methyl sites for hydroxylation is 1. The first-order valence-corrected chi connectivity index (χ1v) is 15.6. The van der Waals surface area contributed by atoms with E-state index in [9.17, 15) is 27.1 Å². The van der Waals surface area contributed by atoms with Crippen LogP contribution in [0.15, 0.2) is 36.4 Å². The topological polar surface area (TPSA) is 23.5 Å². The van der Waals surface area contributed by atoms with E-state index in [0.29, 0.717) is 5.75 Å². The first-order chi connectivity index (χ1) is 19.1. The summed E-state index contributed by atoms with van der Waals surface area (Å²) in [5.74, 6) is 0.0643.